The Morgan fingerprint density at radius 3 is 2.61 bits per heavy atom. The molecule has 3 radical (unpaired) electrons. The van der Waals surface area contributed by atoms with E-state index in [1.165, 1.54) is 26.4 Å². The van der Waals surface area contributed by atoms with E-state index in [-0.39, 0.29) is 29.2 Å². The fraction of sp³-hybridized carbons (Fsp3) is 0.143. The minimum absolute atomic E-state index is 0.0867. The van der Waals surface area contributed by atoms with Gasteiger partial charge in [0.2, 0.25) is 0 Å². The fourth-order valence-corrected chi connectivity index (χ4v) is 3.99. The second-order valence-corrected chi connectivity index (χ2v) is 7.46. The molecule has 0 saturated carbocycles. The van der Waals surface area contributed by atoms with Crippen LogP contribution in [0.1, 0.15) is 21.5 Å². The number of methoxy groups -OCH3 is 2. The molecule has 0 bridgehead atoms. The summed E-state index contributed by atoms with van der Waals surface area (Å²) in [6.45, 7) is 0.145. The summed E-state index contributed by atoms with van der Waals surface area (Å²) in [5.74, 6) is -0.616. The quantitative estimate of drug-likeness (QED) is 0.302. The number of hydrogen-bond acceptors (Lipinski definition) is 6. The average molecular weight is 523 g/mol. The van der Waals surface area contributed by atoms with E-state index in [2.05, 4.69) is 10.4 Å². The van der Waals surface area contributed by atoms with Crippen LogP contribution in [0.4, 0.5) is 4.39 Å². The molecule has 0 saturated heterocycles. The topological polar surface area (TPSA) is 113 Å². The Morgan fingerprint density at radius 2 is 1.97 bits per heavy atom. The Balaban J connectivity index is 1.99. The van der Waals surface area contributed by atoms with Crippen LogP contribution in [0.15, 0.2) is 42.1 Å². The molecule has 1 amide bonds. The number of nitrogens with one attached hydrogen (secondary N) is 1. The number of hydrogen-bond donors (Lipinski definition) is 1. The Morgan fingerprint density at radius 1 is 1.23 bits per heavy atom. The number of rotatable bonds is 6. The number of halogens is 1. The van der Waals surface area contributed by atoms with Crippen LogP contribution in [0.2, 0.25) is 0 Å². The van der Waals surface area contributed by atoms with Crippen molar-refractivity contribution in [3.05, 3.63) is 64.6 Å². The molecule has 0 spiro atoms. The zero-order valence-electron chi connectivity index (χ0n) is 16.6. The molecule has 0 aliphatic carbocycles. The SMILES string of the molecule is COC(=C(C#N)C#N)c1ccc(CNC(=O)c2cc(F)ccc2OC)c2cn[n]([Sn])c12. The number of nitriles is 2. The number of amides is 1. The van der Waals surface area contributed by atoms with Gasteiger partial charge in [0.05, 0.1) is 0 Å². The first kappa shape index (κ1) is 22.1. The Labute approximate surface area is 190 Å². The molecule has 0 aliphatic heterocycles. The molecule has 1 aromatic heterocycles. The van der Waals surface area contributed by atoms with Crippen molar-refractivity contribution in [1.29, 1.82) is 10.5 Å². The predicted molar refractivity (Wildman–Crippen MR) is 110 cm³/mol. The molecule has 3 rings (SSSR count). The summed E-state index contributed by atoms with van der Waals surface area (Å²) in [6, 6.07) is 10.9. The van der Waals surface area contributed by atoms with Gasteiger partial charge in [-0.1, -0.05) is 0 Å². The third-order valence-electron chi connectivity index (χ3n) is 4.57. The van der Waals surface area contributed by atoms with Crippen molar-refractivity contribution in [3.8, 4) is 17.9 Å². The van der Waals surface area contributed by atoms with E-state index in [0.29, 0.717) is 11.1 Å². The van der Waals surface area contributed by atoms with Crippen LogP contribution in [-0.2, 0) is 11.3 Å². The minimum atomic E-state index is -0.544. The van der Waals surface area contributed by atoms with Crippen LogP contribution < -0.4 is 10.1 Å². The van der Waals surface area contributed by atoms with Gasteiger partial charge < -0.3 is 0 Å². The van der Waals surface area contributed by atoms with Crippen LogP contribution in [0.3, 0.4) is 0 Å². The van der Waals surface area contributed by atoms with Crippen molar-refractivity contribution >= 4 is 45.4 Å². The van der Waals surface area contributed by atoms with Crippen molar-refractivity contribution in [1.82, 2.24) is 13.3 Å². The van der Waals surface area contributed by atoms with E-state index in [4.69, 9.17) is 9.47 Å². The van der Waals surface area contributed by atoms with Crippen LogP contribution >= 0.6 is 0 Å². The molecule has 0 fully saturated rings. The molecule has 10 heteroatoms. The molecular formula is C21H15FN5O3Sn. The van der Waals surface area contributed by atoms with Gasteiger partial charge in [-0.2, -0.15) is 0 Å². The molecule has 0 aliphatic rings. The zero-order valence-corrected chi connectivity index (χ0v) is 19.4. The van der Waals surface area contributed by atoms with E-state index < -0.39 is 11.7 Å². The Hall–Kier alpha value is -3.57. The summed E-state index contributed by atoms with van der Waals surface area (Å²) in [5.41, 5.74) is 1.91. The Kier molecular flexibility index (Phi) is 6.77. The van der Waals surface area contributed by atoms with Crippen LogP contribution in [0, 0.1) is 28.5 Å². The van der Waals surface area contributed by atoms with Crippen molar-refractivity contribution < 1.29 is 18.7 Å². The first-order valence-corrected chi connectivity index (χ1v) is 10.1. The number of ether oxygens (including phenoxy) is 2. The molecule has 8 nitrogen and oxygen atoms in total. The second-order valence-electron chi connectivity index (χ2n) is 6.25. The zero-order chi connectivity index (χ0) is 22.5. The molecule has 31 heavy (non-hydrogen) atoms. The normalized spacial score (nSPS) is 10.1. The van der Waals surface area contributed by atoms with Crippen molar-refractivity contribution in [2.45, 2.75) is 6.54 Å². The van der Waals surface area contributed by atoms with Gasteiger partial charge in [-0.25, -0.2) is 0 Å². The first-order valence-electron chi connectivity index (χ1n) is 8.86. The summed E-state index contributed by atoms with van der Waals surface area (Å²) < 4.78 is 25.7. The molecule has 1 N–H and O–H groups in total. The summed E-state index contributed by atoms with van der Waals surface area (Å²) in [7, 11) is 2.79. The van der Waals surface area contributed by atoms with Crippen LogP contribution in [-0.4, -0.2) is 50.9 Å². The maximum atomic E-state index is 13.6. The third-order valence-corrected chi connectivity index (χ3v) is 5.53. The van der Waals surface area contributed by atoms with Crippen molar-refractivity contribution in [2.75, 3.05) is 14.2 Å². The number of aromatic nitrogens is 2. The number of carbonyl (C=O) groups excluding carboxylic acids is 1. The Bertz CT molecular complexity index is 1270. The van der Waals surface area contributed by atoms with E-state index >= 15 is 0 Å². The van der Waals surface area contributed by atoms with Gasteiger partial charge in [0, 0.05) is 0 Å². The molecule has 153 valence electrons. The van der Waals surface area contributed by atoms with Gasteiger partial charge in [-0.05, 0) is 0 Å². The van der Waals surface area contributed by atoms with E-state index in [0.717, 1.165) is 39.8 Å². The summed E-state index contributed by atoms with van der Waals surface area (Å²) in [5, 5.41) is 26.3. The van der Waals surface area contributed by atoms with Gasteiger partial charge in [-0.15, -0.1) is 0 Å². The van der Waals surface area contributed by atoms with E-state index in [1.54, 1.807) is 21.2 Å². The van der Waals surface area contributed by atoms with E-state index in [9.17, 15) is 19.7 Å². The first-order chi connectivity index (χ1) is 14.9. The van der Waals surface area contributed by atoms with Gasteiger partial charge >= 0.3 is 191 Å². The number of nitrogens with zero attached hydrogens (tertiary/aromatic N) is 4. The average Bonchev–Trinajstić information content (AvgIpc) is 3.17. The van der Waals surface area contributed by atoms with E-state index in [1.807, 2.05) is 12.1 Å². The number of allylic oxidation sites excluding steroid dienone is 1. The standard InChI is InChI=1S/C21H16FN5O3.Sn/c1-29-18-6-4-14(22)7-16(18)21(28)25-10-12-3-5-15(19-17(12)11-26-27-19)20(30-2)13(8-23)9-24;/h3-7,11,23H,10H2,1-2H3,(H,25,28);/q;+1/p-1. The molecule has 0 atom stereocenters. The number of carbonyl (C=O) groups is 1. The summed E-state index contributed by atoms with van der Waals surface area (Å²) >= 11 is 0.960. The summed E-state index contributed by atoms with van der Waals surface area (Å²) in [4.78, 5) is 12.6. The van der Waals surface area contributed by atoms with Crippen molar-refractivity contribution in [2.24, 2.45) is 0 Å². The molecule has 2 aromatic carbocycles. The fourth-order valence-electron chi connectivity index (χ4n) is 3.13. The predicted octanol–water partition coefficient (Wildman–Crippen LogP) is 2.45. The molecular weight excluding hydrogens is 508 g/mol. The molecule has 0 unspecified atom stereocenters. The second kappa shape index (κ2) is 9.49. The number of fused-ring (bicyclic) bond motifs is 1. The van der Waals surface area contributed by atoms with Crippen LogP contribution in [0.25, 0.3) is 16.7 Å². The molecule has 1 heterocycles. The van der Waals surface area contributed by atoms with Gasteiger partial charge in [-0.3, -0.25) is 0 Å². The van der Waals surface area contributed by atoms with Gasteiger partial charge in [0.15, 0.2) is 0 Å². The monoisotopic (exact) mass is 524 g/mol. The van der Waals surface area contributed by atoms with Gasteiger partial charge in [0.25, 0.3) is 0 Å². The number of benzene rings is 2. The van der Waals surface area contributed by atoms with Crippen LogP contribution in [0.5, 0.6) is 5.75 Å². The molecule has 3 aromatic rings. The third kappa shape index (κ3) is 4.32. The summed E-state index contributed by atoms with van der Waals surface area (Å²) in [6.07, 6.45) is 1.64. The maximum absolute atomic E-state index is 13.6. The van der Waals surface area contributed by atoms with Gasteiger partial charge in [0.1, 0.15) is 0 Å². The van der Waals surface area contributed by atoms with Crippen molar-refractivity contribution in [3.63, 3.8) is 0 Å².